The average Bonchev–Trinajstić information content (AvgIpc) is 3.35. The molecule has 4 rings (SSSR count). The average molecular weight is 370 g/mol. The second kappa shape index (κ2) is 6.78. The zero-order valence-corrected chi connectivity index (χ0v) is 15.5. The molecule has 0 bridgehead atoms. The lowest BCUT2D eigenvalue weighted by atomic mass is 10.1. The van der Waals surface area contributed by atoms with Crippen LogP contribution in [-0.2, 0) is 4.74 Å². The summed E-state index contributed by atoms with van der Waals surface area (Å²) in [4.78, 5) is 13.9. The Morgan fingerprint density at radius 1 is 1.31 bits per heavy atom. The molecule has 2 aromatic rings. The third-order valence-electron chi connectivity index (χ3n) is 5.08. The summed E-state index contributed by atoms with van der Waals surface area (Å²) in [5.41, 5.74) is 4.19. The number of carboxylic acid groups (broad SMARTS) is 1. The summed E-state index contributed by atoms with van der Waals surface area (Å²) in [5.74, 6) is -0.461. The largest absolute Gasteiger partial charge is 0.478 e. The van der Waals surface area contributed by atoms with Gasteiger partial charge in [-0.1, -0.05) is 18.7 Å². The molecule has 1 aliphatic heterocycles. The molecule has 26 heavy (non-hydrogen) atoms. The summed E-state index contributed by atoms with van der Waals surface area (Å²) in [7, 11) is 1.74. The van der Waals surface area contributed by atoms with Crippen LogP contribution in [0.15, 0.2) is 36.2 Å². The Kier molecular flexibility index (Phi) is 4.46. The number of hydrogen-bond acceptors (Lipinski definition) is 5. The number of methoxy groups -OCH3 is 1. The molecular weight excluding hydrogens is 348 g/mol. The summed E-state index contributed by atoms with van der Waals surface area (Å²) in [6.07, 6.45) is 2.48. The quantitative estimate of drug-likeness (QED) is 0.763. The molecule has 1 aromatic carbocycles. The molecule has 1 aromatic heterocycles. The molecule has 0 amide bonds. The molecule has 2 fully saturated rings. The Labute approximate surface area is 156 Å². The number of carboxylic acids is 1. The van der Waals surface area contributed by atoms with E-state index in [9.17, 15) is 9.90 Å². The van der Waals surface area contributed by atoms with Crippen LogP contribution in [0.4, 0.5) is 10.7 Å². The van der Waals surface area contributed by atoms with Crippen molar-refractivity contribution in [3.63, 3.8) is 0 Å². The van der Waals surface area contributed by atoms with Gasteiger partial charge in [0.1, 0.15) is 5.00 Å². The molecule has 1 saturated heterocycles. The van der Waals surface area contributed by atoms with Crippen LogP contribution in [0.1, 0.15) is 40.2 Å². The highest BCUT2D eigenvalue weighted by molar-refractivity contribution is 7.14. The summed E-state index contributed by atoms with van der Waals surface area (Å²) in [5, 5.41) is 15.4. The highest BCUT2D eigenvalue weighted by Gasteiger charge is 2.31. The number of anilines is 2. The Morgan fingerprint density at radius 3 is 2.58 bits per heavy atom. The third kappa shape index (κ3) is 3.22. The van der Waals surface area contributed by atoms with Gasteiger partial charge in [0.2, 0.25) is 0 Å². The van der Waals surface area contributed by atoms with Gasteiger partial charge in [-0.05, 0) is 47.4 Å². The Hall–Kier alpha value is -2.31. The standard InChI is InChI=1S/C20H22N2O3S/c1-12(13-5-7-15(8-6-13)22-9-16(10-22)25-2)21-19-18(20(23)24)17(11-26-19)14-3-4-14/h5-8,11,14,16,21H,1,3-4,9-10H2,2H3,(H,23,24). The van der Waals surface area contributed by atoms with Crippen molar-refractivity contribution in [3.05, 3.63) is 52.9 Å². The molecule has 0 spiro atoms. The lowest BCUT2D eigenvalue weighted by Gasteiger charge is -2.40. The van der Waals surface area contributed by atoms with Crippen LogP contribution >= 0.6 is 11.3 Å². The fourth-order valence-electron chi connectivity index (χ4n) is 3.26. The van der Waals surface area contributed by atoms with E-state index in [2.05, 4.69) is 28.9 Å². The van der Waals surface area contributed by atoms with Gasteiger partial charge in [0.25, 0.3) is 0 Å². The monoisotopic (exact) mass is 370 g/mol. The molecule has 2 aliphatic rings. The maximum Gasteiger partial charge on any atom is 0.339 e. The predicted octanol–water partition coefficient (Wildman–Crippen LogP) is 4.24. The summed E-state index contributed by atoms with van der Waals surface area (Å²) >= 11 is 1.44. The van der Waals surface area contributed by atoms with Crippen molar-refractivity contribution in [2.45, 2.75) is 24.9 Å². The first kappa shape index (κ1) is 17.1. The second-order valence-corrected chi connectivity index (χ2v) is 7.77. The number of ether oxygens (including phenoxy) is 1. The molecule has 2 heterocycles. The van der Waals surface area contributed by atoms with Gasteiger partial charge in [0.15, 0.2) is 0 Å². The normalized spacial score (nSPS) is 17.0. The van der Waals surface area contributed by atoms with E-state index in [-0.39, 0.29) is 0 Å². The van der Waals surface area contributed by atoms with Crippen molar-refractivity contribution in [1.29, 1.82) is 0 Å². The van der Waals surface area contributed by atoms with E-state index in [4.69, 9.17) is 4.74 Å². The van der Waals surface area contributed by atoms with E-state index >= 15 is 0 Å². The van der Waals surface area contributed by atoms with Crippen molar-refractivity contribution in [3.8, 4) is 0 Å². The van der Waals surface area contributed by atoms with E-state index in [1.807, 2.05) is 17.5 Å². The van der Waals surface area contributed by atoms with Crippen LogP contribution in [-0.4, -0.2) is 37.4 Å². The molecule has 0 unspecified atom stereocenters. The summed E-state index contributed by atoms with van der Waals surface area (Å²) in [6, 6.07) is 8.16. The Morgan fingerprint density at radius 2 is 2.00 bits per heavy atom. The van der Waals surface area contributed by atoms with Gasteiger partial charge in [0.05, 0.1) is 11.7 Å². The molecule has 5 nitrogen and oxygen atoms in total. The number of aromatic carboxylic acids is 1. The number of benzene rings is 1. The summed E-state index contributed by atoms with van der Waals surface area (Å²) < 4.78 is 5.31. The van der Waals surface area contributed by atoms with Gasteiger partial charge < -0.3 is 20.1 Å². The zero-order chi connectivity index (χ0) is 18.3. The van der Waals surface area contributed by atoms with Gasteiger partial charge in [-0.3, -0.25) is 0 Å². The van der Waals surface area contributed by atoms with E-state index in [0.717, 1.165) is 42.7 Å². The second-order valence-electron chi connectivity index (χ2n) is 6.89. The highest BCUT2D eigenvalue weighted by atomic mass is 32.1. The Balaban J connectivity index is 1.46. The Bertz CT molecular complexity index is 833. The van der Waals surface area contributed by atoms with Gasteiger partial charge in [-0.25, -0.2) is 4.79 Å². The fourth-order valence-corrected chi connectivity index (χ4v) is 4.32. The van der Waals surface area contributed by atoms with Crippen molar-refractivity contribution in [2.75, 3.05) is 30.4 Å². The fraction of sp³-hybridized carbons (Fsp3) is 0.350. The van der Waals surface area contributed by atoms with Crippen LogP contribution in [0.5, 0.6) is 0 Å². The minimum atomic E-state index is -0.871. The lowest BCUT2D eigenvalue weighted by molar-refractivity contribution is 0.0697. The van der Waals surface area contributed by atoms with Crippen LogP contribution in [0, 0.1) is 0 Å². The van der Waals surface area contributed by atoms with Crippen molar-refractivity contribution in [1.82, 2.24) is 0 Å². The first-order chi connectivity index (χ1) is 12.6. The van der Waals surface area contributed by atoms with Gasteiger partial charge in [-0.15, -0.1) is 11.3 Å². The van der Waals surface area contributed by atoms with E-state index in [1.54, 1.807) is 7.11 Å². The van der Waals surface area contributed by atoms with E-state index in [1.165, 1.54) is 11.3 Å². The van der Waals surface area contributed by atoms with E-state index in [0.29, 0.717) is 28.3 Å². The maximum atomic E-state index is 11.7. The van der Waals surface area contributed by atoms with Gasteiger partial charge in [-0.2, -0.15) is 0 Å². The topological polar surface area (TPSA) is 61.8 Å². The number of carbonyl (C=O) groups is 1. The molecule has 136 valence electrons. The highest BCUT2D eigenvalue weighted by Crippen LogP contribution is 2.46. The number of nitrogens with one attached hydrogen (secondary N) is 1. The summed E-state index contributed by atoms with van der Waals surface area (Å²) in [6.45, 7) is 5.92. The number of thiophene rings is 1. The maximum absolute atomic E-state index is 11.7. The van der Waals surface area contributed by atoms with Crippen LogP contribution in [0.2, 0.25) is 0 Å². The van der Waals surface area contributed by atoms with Crippen LogP contribution < -0.4 is 10.2 Å². The van der Waals surface area contributed by atoms with Crippen molar-refractivity contribution < 1.29 is 14.6 Å². The third-order valence-corrected chi connectivity index (χ3v) is 5.99. The predicted molar refractivity (Wildman–Crippen MR) is 105 cm³/mol. The molecule has 1 saturated carbocycles. The lowest BCUT2D eigenvalue weighted by Crippen LogP contribution is -2.51. The number of nitrogens with zero attached hydrogens (tertiary/aromatic N) is 1. The van der Waals surface area contributed by atoms with Crippen LogP contribution in [0.3, 0.4) is 0 Å². The molecule has 1 aliphatic carbocycles. The molecule has 0 atom stereocenters. The number of rotatable bonds is 7. The van der Waals surface area contributed by atoms with Crippen molar-refractivity contribution >= 4 is 33.7 Å². The molecule has 0 radical (unpaired) electrons. The first-order valence-electron chi connectivity index (χ1n) is 8.75. The van der Waals surface area contributed by atoms with Crippen LogP contribution in [0.25, 0.3) is 5.70 Å². The minimum Gasteiger partial charge on any atom is -0.478 e. The van der Waals surface area contributed by atoms with Gasteiger partial charge >= 0.3 is 5.97 Å². The molecule has 2 N–H and O–H groups in total. The van der Waals surface area contributed by atoms with Gasteiger partial charge in [0, 0.05) is 31.6 Å². The number of hydrogen-bond donors (Lipinski definition) is 2. The first-order valence-corrected chi connectivity index (χ1v) is 9.63. The van der Waals surface area contributed by atoms with E-state index < -0.39 is 5.97 Å². The smallest absolute Gasteiger partial charge is 0.339 e. The molecule has 6 heteroatoms. The zero-order valence-electron chi connectivity index (χ0n) is 14.7. The SMILES string of the molecule is C=C(Nc1scc(C2CC2)c1C(=O)O)c1ccc(N2CC(OC)C2)cc1. The molecular formula is C20H22N2O3S. The minimum absolute atomic E-state index is 0.320. The van der Waals surface area contributed by atoms with Crippen molar-refractivity contribution in [2.24, 2.45) is 0 Å².